The van der Waals surface area contributed by atoms with Crippen molar-refractivity contribution in [3.05, 3.63) is 0 Å². The molecular formula is C15H28N2O2. The third kappa shape index (κ3) is 3.93. The molecule has 1 aliphatic heterocycles. The molecule has 2 rings (SSSR count). The summed E-state index contributed by atoms with van der Waals surface area (Å²) in [6.07, 6.45) is 6.20. The van der Waals surface area contributed by atoms with Crippen LogP contribution in [0.3, 0.4) is 0 Å². The van der Waals surface area contributed by atoms with Gasteiger partial charge in [-0.05, 0) is 33.1 Å². The number of rotatable bonds is 4. The zero-order valence-corrected chi connectivity index (χ0v) is 12.5. The summed E-state index contributed by atoms with van der Waals surface area (Å²) < 4.78 is 4.94. The normalized spacial score (nSPS) is 29.9. The van der Waals surface area contributed by atoms with Crippen molar-refractivity contribution in [1.29, 1.82) is 0 Å². The first-order valence-electron chi connectivity index (χ1n) is 7.68. The van der Waals surface area contributed by atoms with Gasteiger partial charge >= 0.3 is 5.97 Å². The van der Waals surface area contributed by atoms with Crippen LogP contribution >= 0.6 is 0 Å². The Kier molecular flexibility index (Phi) is 5.22. The van der Waals surface area contributed by atoms with E-state index in [0.717, 1.165) is 19.5 Å². The Balaban J connectivity index is 1.95. The van der Waals surface area contributed by atoms with Gasteiger partial charge in [-0.1, -0.05) is 12.8 Å². The molecule has 0 aromatic rings. The quantitative estimate of drug-likeness (QED) is 0.789. The van der Waals surface area contributed by atoms with Gasteiger partial charge in [-0.2, -0.15) is 0 Å². The Morgan fingerprint density at radius 1 is 1.21 bits per heavy atom. The maximum absolute atomic E-state index is 11.8. The molecule has 4 nitrogen and oxygen atoms in total. The summed E-state index contributed by atoms with van der Waals surface area (Å²) in [5.41, 5.74) is 0. The molecule has 1 N–H and O–H groups in total. The number of carbonyl (C=O) groups is 1. The summed E-state index contributed by atoms with van der Waals surface area (Å²) in [5, 5.41) is 3.76. The molecule has 0 radical (unpaired) electrons. The molecule has 0 amide bonds. The van der Waals surface area contributed by atoms with E-state index in [2.05, 4.69) is 24.1 Å². The van der Waals surface area contributed by atoms with Gasteiger partial charge in [0.15, 0.2) is 0 Å². The summed E-state index contributed by atoms with van der Waals surface area (Å²) in [7, 11) is 1.50. The van der Waals surface area contributed by atoms with Crippen LogP contribution in [0.1, 0.15) is 46.0 Å². The fraction of sp³-hybridized carbons (Fsp3) is 0.933. The van der Waals surface area contributed by atoms with Crippen molar-refractivity contribution in [2.45, 2.75) is 64.1 Å². The average molecular weight is 268 g/mol. The first kappa shape index (κ1) is 14.8. The maximum atomic E-state index is 11.8. The molecule has 2 unspecified atom stereocenters. The topological polar surface area (TPSA) is 41.6 Å². The van der Waals surface area contributed by atoms with E-state index >= 15 is 0 Å². The minimum absolute atomic E-state index is 0.0278. The van der Waals surface area contributed by atoms with Crippen LogP contribution < -0.4 is 5.32 Å². The standard InChI is InChI=1S/C15H28N2O2/c1-11(2)17-9-12(15(18)19-3)8-14(10-17)16-13-6-4-5-7-13/h11-14,16H,4-10H2,1-3H3. The first-order valence-corrected chi connectivity index (χ1v) is 7.68. The Labute approximate surface area is 116 Å². The van der Waals surface area contributed by atoms with E-state index in [1.807, 2.05) is 0 Å². The van der Waals surface area contributed by atoms with Crippen molar-refractivity contribution in [2.24, 2.45) is 5.92 Å². The summed E-state index contributed by atoms with van der Waals surface area (Å²) in [4.78, 5) is 14.2. The molecule has 2 fully saturated rings. The molecule has 0 aromatic carbocycles. The van der Waals surface area contributed by atoms with Gasteiger partial charge in [-0.15, -0.1) is 0 Å². The van der Waals surface area contributed by atoms with Crippen molar-refractivity contribution in [1.82, 2.24) is 10.2 Å². The van der Waals surface area contributed by atoms with Crippen LogP contribution in [0.2, 0.25) is 0 Å². The fourth-order valence-electron chi connectivity index (χ4n) is 3.44. The monoisotopic (exact) mass is 268 g/mol. The van der Waals surface area contributed by atoms with Gasteiger partial charge in [0.25, 0.3) is 0 Å². The van der Waals surface area contributed by atoms with Crippen LogP contribution in [-0.4, -0.2) is 49.2 Å². The van der Waals surface area contributed by atoms with Crippen LogP contribution in [0.25, 0.3) is 0 Å². The van der Waals surface area contributed by atoms with Crippen LogP contribution in [-0.2, 0) is 9.53 Å². The number of esters is 1. The molecule has 2 atom stereocenters. The summed E-state index contributed by atoms with van der Waals surface area (Å²) in [6.45, 7) is 6.30. The Bertz CT molecular complexity index is 299. The number of methoxy groups -OCH3 is 1. The molecule has 4 heteroatoms. The van der Waals surface area contributed by atoms with Crippen molar-refractivity contribution in [2.75, 3.05) is 20.2 Å². The predicted molar refractivity (Wildman–Crippen MR) is 76.0 cm³/mol. The summed E-state index contributed by atoms with van der Waals surface area (Å²) in [5.74, 6) is -0.0244. The smallest absolute Gasteiger partial charge is 0.310 e. The van der Waals surface area contributed by atoms with E-state index in [1.165, 1.54) is 32.8 Å². The molecule has 1 saturated heterocycles. The summed E-state index contributed by atoms with van der Waals surface area (Å²) in [6, 6.07) is 1.58. The number of hydrogen-bond acceptors (Lipinski definition) is 4. The molecule has 110 valence electrons. The largest absolute Gasteiger partial charge is 0.469 e. The number of likely N-dealkylation sites (tertiary alicyclic amines) is 1. The van der Waals surface area contributed by atoms with Gasteiger partial charge in [0.1, 0.15) is 0 Å². The van der Waals surface area contributed by atoms with Crippen LogP contribution in [0, 0.1) is 5.92 Å². The molecule has 0 aromatic heterocycles. The molecule has 0 bridgehead atoms. The zero-order chi connectivity index (χ0) is 13.8. The first-order chi connectivity index (χ1) is 9.10. The van der Waals surface area contributed by atoms with Gasteiger partial charge < -0.3 is 10.1 Å². The van der Waals surface area contributed by atoms with Crippen molar-refractivity contribution in [3.63, 3.8) is 0 Å². The lowest BCUT2D eigenvalue weighted by molar-refractivity contribution is -0.148. The highest BCUT2D eigenvalue weighted by Gasteiger charge is 2.34. The zero-order valence-electron chi connectivity index (χ0n) is 12.5. The third-order valence-electron chi connectivity index (χ3n) is 4.57. The Morgan fingerprint density at radius 2 is 1.89 bits per heavy atom. The summed E-state index contributed by atoms with van der Waals surface area (Å²) >= 11 is 0. The van der Waals surface area contributed by atoms with Gasteiger partial charge in [0.2, 0.25) is 0 Å². The molecule has 2 aliphatic rings. The second-order valence-electron chi connectivity index (χ2n) is 6.35. The van der Waals surface area contributed by atoms with E-state index in [9.17, 15) is 4.79 Å². The molecule has 1 heterocycles. The van der Waals surface area contributed by atoms with Gasteiger partial charge in [-0.3, -0.25) is 9.69 Å². The molecule has 1 saturated carbocycles. The predicted octanol–water partition coefficient (Wildman–Crippen LogP) is 1.79. The lowest BCUT2D eigenvalue weighted by Crippen LogP contribution is -2.54. The number of nitrogens with one attached hydrogen (secondary N) is 1. The second-order valence-corrected chi connectivity index (χ2v) is 6.35. The third-order valence-corrected chi connectivity index (χ3v) is 4.57. The van der Waals surface area contributed by atoms with Crippen LogP contribution in [0.15, 0.2) is 0 Å². The van der Waals surface area contributed by atoms with E-state index in [4.69, 9.17) is 4.74 Å². The highest BCUT2D eigenvalue weighted by Crippen LogP contribution is 2.24. The molecule has 1 aliphatic carbocycles. The number of hydrogen-bond donors (Lipinski definition) is 1. The van der Waals surface area contributed by atoms with E-state index in [0.29, 0.717) is 18.1 Å². The van der Waals surface area contributed by atoms with E-state index < -0.39 is 0 Å². The van der Waals surface area contributed by atoms with Gasteiger partial charge in [0.05, 0.1) is 13.0 Å². The molecule has 0 spiro atoms. The lowest BCUT2D eigenvalue weighted by atomic mass is 9.92. The number of ether oxygens (including phenoxy) is 1. The SMILES string of the molecule is COC(=O)C1CC(NC2CCCC2)CN(C(C)C)C1. The number of piperidine rings is 1. The van der Waals surface area contributed by atoms with E-state index in [1.54, 1.807) is 0 Å². The van der Waals surface area contributed by atoms with Crippen LogP contribution in [0.5, 0.6) is 0 Å². The molecular weight excluding hydrogens is 240 g/mol. The lowest BCUT2D eigenvalue weighted by Gasteiger charge is -2.40. The van der Waals surface area contributed by atoms with Crippen LogP contribution in [0.4, 0.5) is 0 Å². The van der Waals surface area contributed by atoms with Gasteiger partial charge in [-0.25, -0.2) is 0 Å². The van der Waals surface area contributed by atoms with Crippen molar-refractivity contribution < 1.29 is 9.53 Å². The Hall–Kier alpha value is -0.610. The number of carbonyl (C=O) groups excluding carboxylic acids is 1. The van der Waals surface area contributed by atoms with Crippen molar-refractivity contribution >= 4 is 5.97 Å². The fourth-order valence-corrected chi connectivity index (χ4v) is 3.44. The maximum Gasteiger partial charge on any atom is 0.310 e. The second kappa shape index (κ2) is 6.71. The molecule has 19 heavy (non-hydrogen) atoms. The van der Waals surface area contributed by atoms with E-state index in [-0.39, 0.29) is 11.9 Å². The van der Waals surface area contributed by atoms with Crippen molar-refractivity contribution in [3.8, 4) is 0 Å². The minimum Gasteiger partial charge on any atom is -0.469 e. The minimum atomic E-state index is -0.0522. The highest BCUT2D eigenvalue weighted by molar-refractivity contribution is 5.72. The number of nitrogens with zero attached hydrogens (tertiary/aromatic N) is 1. The van der Waals surface area contributed by atoms with Gasteiger partial charge in [0, 0.05) is 31.2 Å². The average Bonchev–Trinajstić information content (AvgIpc) is 2.90. The highest BCUT2D eigenvalue weighted by atomic mass is 16.5. The Morgan fingerprint density at radius 3 is 2.47 bits per heavy atom.